The molecule has 0 saturated heterocycles. The van der Waals surface area contributed by atoms with E-state index in [1.807, 2.05) is 0 Å². The fraction of sp³-hybridized carbons (Fsp3) is 0.538. The van der Waals surface area contributed by atoms with Gasteiger partial charge in [-0.3, -0.25) is 0 Å². The summed E-state index contributed by atoms with van der Waals surface area (Å²) >= 11 is 0. The normalized spacial score (nSPS) is 20.1. The molecule has 2 nitrogen and oxygen atoms in total. The maximum Gasteiger partial charge on any atom is 0.120 e. The van der Waals surface area contributed by atoms with E-state index < -0.39 is 0 Å². The zero-order valence-corrected chi connectivity index (χ0v) is 9.71. The molecular formula is C13H19NO. The molecule has 1 unspecified atom stereocenters. The van der Waals surface area contributed by atoms with E-state index >= 15 is 0 Å². The molecule has 2 rings (SSSR count). The van der Waals surface area contributed by atoms with Gasteiger partial charge in [-0.1, -0.05) is 6.07 Å². The topological polar surface area (TPSA) is 21.3 Å². The summed E-state index contributed by atoms with van der Waals surface area (Å²) in [6.07, 6.45) is 1.37. The highest BCUT2D eigenvalue weighted by atomic mass is 16.5. The van der Waals surface area contributed by atoms with Crippen LogP contribution in [0.25, 0.3) is 0 Å². The van der Waals surface area contributed by atoms with Crippen molar-refractivity contribution >= 4 is 0 Å². The van der Waals surface area contributed by atoms with E-state index in [4.69, 9.17) is 4.74 Å². The van der Waals surface area contributed by atoms with Crippen LogP contribution in [-0.2, 0) is 13.0 Å². The van der Waals surface area contributed by atoms with E-state index in [1.54, 1.807) is 0 Å². The zero-order valence-electron chi connectivity index (χ0n) is 9.71. The molecule has 0 saturated carbocycles. The first kappa shape index (κ1) is 10.5. The molecule has 1 aromatic rings. The third-order valence-corrected chi connectivity index (χ3v) is 2.72. The molecule has 1 aliphatic rings. The highest BCUT2D eigenvalue weighted by Crippen LogP contribution is 2.22. The number of nitrogens with one attached hydrogen (secondary N) is 1. The van der Waals surface area contributed by atoms with Crippen molar-refractivity contribution in [1.29, 1.82) is 0 Å². The summed E-state index contributed by atoms with van der Waals surface area (Å²) < 4.78 is 5.68. The van der Waals surface area contributed by atoms with Crippen LogP contribution in [0.4, 0.5) is 0 Å². The van der Waals surface area contributed by atoms with Crippen LogP contribution in [0.15, 0.2) is 18.2 Å². The van der Waals surface area contributed by atoms with Crippen LogP contribution in [0.2, 0.25) is 0 Å². The van der Waals surface area contributed by atoms with E-state index in [1.165, 1.54) is 11.1 Å². The van der Waals surface area contributed by atoms with Gasteiger partial charge in [0.25, 0.3) is 0 Å². The van der Waals surface area contributed by atoms with Gasteiger partial charge < -0.3 is 10.1 Å². The van der Waals surface area contributed by atoms with Gasteiger partial charge in [-0.05, 0) is 50.5 Å². The van der Waals surface area contributed by atoms with Crippen molar-refractivity contribution in [2.45, 2.75) is 45.9 Å². The lowest BCUT2D eigenvalue weighted by Crippen LogP contribution is -2.32. The molecule has 2 heteroatoms. The molecule has 0 aromatic heterocycles. The molecule has 0 spiro atoms. The largest absolute Gasteiger partial charge is 0.491 e. The number of ether oxygens (including phenoxy) is 1. The Bertz CT molecular complexity index is 346. The molecule has 1 aromatic carbocycles. The molecule has 1 N–H and O–H groups in total. The van der Waals surface area contributed by atoms with Crippen LogP contribution >= 0.6 is 0 Å². The summed E-state index contributed by atoms with van der Waals surface area (Å²) in [5, 5.41) is 3.46. The summed E-state index contributed by atoms with van der Waals surface area (Å²) in [6.45, 7) is 7.30. The van der Waals surface area contributed by atoms with Gasteiger partial charge in [0.2, 0.25) is 0 Å². The van der Waals surface area contributed by atoms with E-state index in [0.29, 0.717) is 6.04 Å². The minimum Gasteiger partial charge on any atom is -0.491 e. The Labute approximate surface area is 91.6 Å². The zero-order chi connectivity index (χ0) is 10.8. The molecular weight excluding hydrogens is 186 g/mol. The number of rotatable bonds is 2. The van der Waals surface area contributed by atoms with Gasteiger partial charge >= 0.3 is 0 Å². The molecule has 1 aliphatic heterocycles. The van der Waals surface area contributed by atoms with Crippen molar-refractivity contribution in [2.75, 3.05) is 0 Å². The van der Waals surface area contributed by atoms with Crippen LogP contribution in [-0.4, -0.2) is 12.1 Å². The maximum atomic E-state index is 5.68. The highest BCUT2D eigenvalue weighted by molar-refractivity contribution is 5.37. The van der Waals surface area contributed by atoms with Crippen LogP contribution in [0.1, 0.15) is 31.9 Å². The van der Waals surface area contributed by atoms with Gasteiger partial charge in [-0.15, -0.1) is 0 Å². The van der Waals surface area contributed by atoms with Crippen molar-refractivity contribution in [2.24, 2.45) is 0 Å². The van der Waals surface area contributed by atoms with Gasteiger partial charge in [0.05, 0.1) is 6.10 Å². The molecule has 0 fully saturated rings. The van der Waals surface area contributed by atoms with Crippen molar-refractivity contribution in [3.8, 4) is 5.75 Å². The minimum atomic E-state index is 0.249. The standard InChI is InChI=1S/C13H19NO/c1-9(2)15-13-5-4-11-6-10(3)14-8-12(11)7-13/h4-5,7,9-10,14H,6,8H2,1-3H3. The Morgan fingerprint density at radius 3 is 2.87 bits per heavy atom. The summed E-state index contributed by atoms with van der Waals surface area (Å²) in [6, 6.07) is 7.03. The quantitative estimate of drug-likeness (QED) is 0.801. The third-order valence-electron chi connectivity index (χ3n) is 2.72. The summed E-state index contributed by atoms with van der Waals surface area (Å²) in [7, 11) is 0. The molecule has 0 aliphatic carbocycles. The molecule has 1 heterocycles. The third kappa shape index (κ3) is 2.51. The van der Waals surface area contributed by atoms with E-state index in [0.717, 1.165) is 18.7 Å². The lowest BCUT2D eigenvalue weighted by molar-refractivity contribution is 0.242. The fourth-order valence-electron chi connectivity index (χ4n) is 2.00. The Hall–Kier alpha value is -1.02. The number of hydrogen-bond donors (Lipinski definition) is 1. The number of hydrogen-bond acceptors (Lipinski definition) is 2. The second-order valence-corrected chi connectivity index (χ2v) is 4.58. The average molecular weight is 205 g/mol. The van der Waals surface area contributed by atoms with Crippen molar-refractivity contribution in [1.82, 2.24) is 5.32 Å². The molecule has 0 radical (unpaired) electrons. The Kier molecular flexibility index (Phi) is 2.96. The Morgan fingerprint density at radius 2 is 2.13 bits per heavy atom. The van der Waals surface area contributed by atoms with Crippen LogP contribution in [0.5, 0.6) is 5.75 Å². The van der Waals surface area contributed by atoms with Crippen molar-refractivity contribution < 1.29 is 4.74 Å². The van der Waals surface area contributed by atoms with E-state index in [2.05, 4.69) is 44.3 Å². The second kappa shape index (κ2) is 4.23. The summed E-state index contributed by atoms with van der Waals surface area (Å²) in [5.41, 5.74) is 2.84. The lowest BCUT2D eigenvalue weighted by atomic mass is 9.96. The van der Waals surface area contributed by atoms with Gasteiger partial charge in [0.1, 0.15) is 5.75 Å². The van der Waals surface area contributed by atoms with Crippen molar-refractivity contribution in [3.05, 3.63) is 29.3 Å². The second-order valence-electron chi connectivity index (χ2n) is 4.58. The smallest absolute Gasteiger partial charge is 0.120 e. The molecule has 82 valence electrons. The maximum absolute atomic E-state index is 5.68. The number of benzene rings is 1. The van der Waals surface area contributed by atoms with E-state index in [9.17, 15) is 0 Å². The predicted molar refractivity (Wildman–Crippen MR) is 62.2 cm³/mol. The average Bonchev–Trinajstić information content (AvgIpc) is 2.17. The molecule has 0 bridgehead atoms. The molecule has 15 heavy (non-hydrogen) atoms. The summed E-state index contributed by atoms with van der Waals surface area (Å²) in [4.78, 5) is 0. The summed E-state index contributed by atoms with van der Waals surface area (Å²) in [5.74, 6) is 0.986. The molecule has 0 amide bonds. The van der Waals surface area contributed by atoms with Gasteiger partial charge in [0.15, 0.2) is 0 Å². The first-order valence-electron chi connectivity index (χ1n) is 5.67. The predicted octanol–water partition coefficient (Wildman–Crippen LogP) is 2.51. The Balaban J connectivity index is 2.19. The first-order valence-corrected chi connectivity index (χ1v) is 5.67. The highest BCUT2D eigenvalue weighted by Gasteiger charge is 2.14. The van der Waals surface area contributed by atoms with Crippen LogP contribution < -0.4 is 10.1 Å². The SMILES string of the molecule is CC1Cc2ccc(OC(C)C)cc2CN1. The lowest BCUT2D eigenvalue weighted by Gasteiger charge is -2.24. The minimum absolute atomic E-state index is 0.249. The Morgan fingerprint density at radius 1 is 1.33 bits per heavy atom. The van der Waals surface area contributed by atoms with Gasteiger partial charge in [0, 0.05) is 12.6 Å². The van der Waals surface area contributed by atoms with Gasteiger partial charge in [-0.25, -0.2) is 0 Å². The van der Waals surface area contributed by atoms with Crippen LogP contribution in [0, 0.1) is 0 Å². The van der Waals surface area contributed by atoms with E-state index in [-0.39, 0.29) is 6.10 Å². The van der Waals surface area contributed by atoms with Crippen molar-refractivity contribution in [3.63, 3.8) is 0 Å². The first-order chi connectivity index (χ1) is 7.15. The fourth-order valence-corrected chi connectivity index (χ4v) is 2.00. The monoisotopic (exact) mass is 205 g/mol. The van der Waals surface area contributed by atoms with Gasteiger partial charge in [-0.2, -0.15) is 0 Å². The van der Waals surface area contributed by atoms with Crippen LogP contribution in [0.3, 0.4) is 0 Å². The number of fused-ring (bicyclic) bond motifs is 1. The molecule has 1 atom stereocenters.